The highest BCUT2D eigenvalue weighted by atomic mass is 32.2. The number of sulfonamides is 1. The molecule has 1 aliphatic heterocycles. The van der Waals surface area contributed by atoms with Crippen molar-refractivity contribution < 1.29 is 13.2 Å². The first-order chi connectivity index (χ1) is 9.22. The minimum atomic E-state index is -3.11. The van der Waals surface area contributed by atoms with Crippen molar-refractivity contribution in [3.8, 4) is 0 Å². The first-order valence-corrected chi connectivity index (χ1v) is 9.12. The van der Waals surface area contributed by atoms with Gasteiger partial charge in [-0.15, -0.1) is 0 Å². The number of nitrogens with one attached hydrogen (secondary N) is 1. The molecule has 0 aliphatic carbocycles. The van der Waals surface area contributed by atoms with Gasteiger partial charge >= 0.3 is 0 Å². The molecule has 6 heteroatoms. The van der Waals surface area contributed by atoms with E-state index >= 15 is 0 Å². The van der Waals surface area contributed by atoms with Crippen molar-refractivity contribution in [3.05, 3.63) is 0 Å². The third-order valence-electron chi connectivity index (χ3n) is 3.92. The van der Waals surface area contributed by atoms with Gasteiger partial charge < -0.3 is 5.32 Å². The normalized spacial score (nSPS) is 19.0. The minimum absolute atomic E-state index is 0.0607. The molecule has 0 aromatic rings. The van der Waals surface area contributed by atoms with E-state index in [0.29, 0.717) is 25.9 Å². The monoisotopic (exact) mass is 304 g/mol. The Morgan fingerprint density at radius 3 is 2.25 bits per heavy atom. The van der Waals surface area contributed by atoms with Gasteiger partial charge in [-0.1, -0.05) is 13.3 Å². The van der Waals surface area contributed by atoms with Gasteiger partial charge in [0, 0.05) is 24.5 Å². The van der Waals surface area contributed by atoms with Crippen LogP contribution in [0.25, 0.3) is 0 Å². The average Bonchev–Trinajstić information content (AvgIpc) is 2.38. The molecule has 0 aromatic heterocycles. The van der Waals surface area contributed by atoms with Crippen LogP contribution in [0.3, 0.4) is 0 Å². The predicted octanol–water partition coefficient (Wildman–Crippen LogP) is 1.74. The molecule has 0 atom stereocenters. The van der Waals surface area contributed by atoms with Crippen LogP contribution in [-0.2, 0) is 14.8 Å². The van der Waals surface area contributed by atoms with Crippen LogP contribution in [-0.4, -0.2) is 43.0 Å². The number of carbonyl (C=O) groups is 1. The van der Waals surface area contributed by atoms with Crippen molar-refractivity contribution in [1.29, 1.82) is 0 Å². The maximum Gasteiger partial charge on any atom is 0.223 e. The van der Waals surface area contributed by atoms with Crippen LogP contribution in [0.1, 0.15) is 53.4 Å². The Kier molecular flexibility index (Phi) is 6.01. The van der Waals surface area contributed by atoms with Gasteiger partial charge in [-0.25, -0.2) is 12.7 Å². The van der Waals surface area contributed by atoms with E-state index in [2.05, 4.69) is 12.2 Å². The largest absolute Gasteiger partial charge is 0.351 e. The van der Waals surface area contributed by atoms with Gasteiger partial charge in [-0.05, 0) is 40.0 Å². The molecule has 0 unspecified atom stereocenters. The zero-order chi connectivity index (χ0) is 15.4. The Morgan fingerprint density at radius 1 is 1.25 bits per heavy atom. The molecular formula is C14H28N2O3S. The van der Waals surface area contributed by atoms with E-state index in [9.17, 15) is 13.2 Å². The lowest BCUT2D eigenvalue weighted by molar-refractivity contribution is -0.127. The molecule has 1 N–H and O–H groups in total. The number of nitrogens with zero attached hydrogens (tertiary/aromatic N) is 1. The van der Waals surface area contributed by atoms with Gasteiger partial charge in [0.15, 0.2) is 0 Å². The number of hydrogen-bond acceptors (Lipinski definition) is 3. The minimum Gasteiger partial charge on any atom is -0.351 e. The van der Waals surface area contributed by atoms with Crippen molar-refractivity contribution in [1.82, 2.24) is 9.62 Å². The molecule has 118 valence electrons. The molecule has 0 saturated carbocycles. The summed E-state index contributed by atoms with van der Waals surface area (Å²) in [5.41, 5.74) is -0.182. The zero-order valence-corrected chi connectivity index (χ0v) is 13.9. The van der Waals surface area contributed by atoms with E-state index in [1.807, 2.05) is 13.8 Å². The summed E-state index contributed by atoms with van der Waals surface area (Å²) in [4.78, 5) is 12.2. The quantitative estimate of drug-likeness (QED) is 0.813. The lowest BCUT2D eigenvalue weighted by Gasteiger charge is -2.33. The Hall–Kier alpha value is -0.620. The van der Waals surface area contributed by atoms with Gasteiger partial charge in [-0.2, -0.15) is 0 Å². The van der Waals surface area contributed by atoms with Crippen LogP contribution in [0.4, 0.5) is 0 Å². The predicted molar refractivity (Wildman–Crippen MR) is 80.9 cm³/mol. The highest BCUT2D eigenvalue weighted by Crippen LogP contribution is 2.21. The molecule has 0 bridgehead atoms. The summed E-state index contributed by atoms with van der Waals surface area (Å²) in [5.74, 6) is 0.138. The zero-order valence-electron chi connectivity index (χ0n) is 13.1. The van der Waals surface area contributed by atoms with Crippen molar-refractivity contribution in [3.63, 3.8) is 0 Å². The molecule has 1 aliphatic rings. The van der Waals surface area contributed by atoms with Gasteiger partial charge in [0.2, 0.25) is 15.9 Å². The fraction of sp³-hybridized carbons (Fsp3) is 0.929. The van der Waals surface area contributed by atoms with Crippen LogP contribution in [0.15, 0.2) is 0 Å². The van der Waals surface area contributed by atoms with Crippen molar-refractivity contribution >= 4 is 15.9 Å². The molecule has 5 nitrogen and oxygen atoms in total. The summed E-state index contributed by atoms with van der Waals surface area (Å²) in [7, 11) is -3.11. The van der Waals surface area contributed by atoms with Crippen molar-refractivity contribution in [2.75, 3.05) is 18.8 Å². The van der Waals surface area contributed by atoms with Gasteiger partial charge in [0.1, 0.15) is 0 Å². The van der Waals surface area contributed by atoms with Gasteiger partial charge in [0.05, 0.1) is 5.75 Å². The number of carbonyl (C=O) groups excluding carboxylic acids is 1. The average molecular weight is 304 g/mol. The highest BCUT2D eigenvalue weighted by molar-refractivity contribution is 7.89. The van der Waals surface area contributed by atoms with E-state index in [0.717, 1.165) is 12.8 Å². The molecule has 1 fully saturated rings. The topological polar surface area (TPSA) is 66.5 Å². The Bertz CT molecular complexity index is 424. The number of hydrogen-bond donors (Lipinski definition) is 1. The molecule has 1 saturated heterocycles. The molecule has 1 heterocycles. The molecule has 0 aromatic carbocycles. The summed E-state index contributed by atoms with van der Waals surface area (Å²) in [6.07, 6.45) is 3.21. The first kappa shape index (κ1) is 17.4. The van der Waals surface area contributed by atoms with Crippen LogP contribution < -0.4 is 5.32 Å². The molecule has 1 rings (SSSR count). The van der Waals surface area contributed by atoms with Crippen LogP contribution >= 0.6 is 0 Å². The standard InChI is InChI=1S/C14H28N2O3S/c1-5-9-14(3,4)15-13(17)12-7-10-16(11-8-12)20(18,19)6-2/h12H,5-11H2,1-4H3,(H,15,17). The third-order valence-corrected chi connectivity index (χ3v) is 5.80. The SMILES string of the molecule is CCCC(C)(C)NC(=O)C1CCN(S(=O)(=O)CC)CC1. The Morgan fingerprint density at radius 2 is 1.80 bits per heavy atom. The lowest BCUT2D eigenvalue weighted by atomic mass is 9.93. The molecule has 0 spiro atoms. The smallest absolute Gasteiger partial charge is 0.223 e. The second-order valence-electron chi connectivity index (χ2n) is 6.20. The summed E-state index contributed by atoms with van der Waals surface area (Å²) in [6, 6.07) is 0. The van der Waals surface area contributed by atoms with Crippen molar-refractivity contribution in [2.24, 2.45) is 5.92 Å². The third kappa shape index (κ3) is 4.74. The van der Waals surface area contributed by atoms with Gasteiger partial charge in [0.25, 0.3) is 0 Å². The first-order valence-electron chi connectivity index (χ1n) is 7.51. The molecule has 20 heavy (non-hydrogen) atoms. The van der Waals surface area contributed by atoms with E-state index in [1.165, 1.54) is 4.31 Å². The maximum atomic E-state index is 12.2. The second-order valence-corrected chi connectivity index (χ2v) is 8.45. The summed E-state index contributed by atoms with van der Waals surface area (Å²) < 4.78 is 25.0. The maximum absolute atomic E-state index is 12.2. The molecule has 0 radical (unpaired) electrons. The van der Waals surface area contributed by atoms with E-state index < -0.39 is 10.0 Å². The Labute approximate surface area is 123 Å². The van der Waals surface area contributed by atoms with Crippen LogP contribution in [0.5, 0.6) is 0 Å². The second kappa shape index (κ2) is 6.89. The number of amides is 1. The number of rotatable bonds is 6. The number of piperidine rings is 1. The highest BCUT2D eigenvalue weighted by Gasteiger charge is 2.31. The van der Waals surface area contributed by atoms with E-state index in [4.69, 9.17) is 0 Å². The van der Waals surface area contributed by atoms with Crippen molar-refractivity contribution in [2.45, 2.75) is 58.9 Å². The summed E-state index contributed by atoms with van der Waals surface area (Å²) in [5, 5.41) is 3.09. The summed E-state index contributed by atoms with van der Waals surface area (Å²) >= 11 is 0. The molecule has 1 amide bonds. The summed E-state index contributed by atoms with van der Waals surface area (Å²) in [6.45, 7) is 8.74. The Balaban J connectivity index is 2.51. The van der Waals surface area contributed by atoms with Crippen LogP contribution in [0.2, 0.25) is 0 Å². The van der Waals surface area contributed by atoms with Gasteiger partial charge in [-0.3, -0.25) is 4.79 Å². The fourth-order valence-electron chi connectivity index (χ4n) is 2.70. The fourth-order valence-corrected chi connectivity index (χ4v) is 3.83. The van der Waals surface area contributed by atoms with Crippen LogP contribution in [0, 0.1) is 5.92 Å². The van der Waals surface area contributed by atoms with E-state index in [-0.39, 0.29) is 23.1 Å². The van der Waals surface area contributed by atoms with E-state index in [1.54, 1.807) is 6.92 Å². The lowest BCUT2D eigenvalue weighted by Crippen LogP contribution is -2.49. The molecular weight excluding hydrogens is 276 g/mol.